The summed E-state index contributed by atoms with van der Waals surface area (Å²) in [5.74, 6) is 1.24. The van der Waals surface area contributed by atoms with Crippen molar-refractivity contribution in [3.05, 3.63) is 48.0 Å². The molecule has 0 radical (unpaired) electrons. The van der Waals surface area contributed by atoms with Crippen molar-refractivity contribution in [3.8, 4) is 11.5 Å². The maximum atomic E-state index is 12.0. The molecule has 0 saturated carbocycles. The first-order valence-electron chi connectivity index (χ1n) is 8.74. The lowest BCUT2D eigenvalue weighted by Gasteiger charge is -2.12. The highest BCUT2D eigenvalue weighted by molar-refractivity contribution is 5.91. The van der Waals surface area contributed by atoms with Crippen LogP contribution in [0.15, 0.2) is 42.5 Å². The predicted molar refractivity (Wildman–Crippen MR) is 106 cm³/mol. The second-order valence-electron chi connectivity index (χ2n) is 5.81. The SMILES string of the molecule is CCOc1ccc(CCNC(=O)Nc2ccc(NC(C)=O)cc2)cc1OC. The number of hydrogen-bond donors (Lipinski definition) is 3. The third kappa shape index (κ3) is 6.54. The van der Waals surface area contributed by atoms with Gasteiger partial charge in [-0.1, -0.05) is 6.07 Å². The maximum absolute atomic E-state index is 12.0. The van der Waals surface area contributed by atoms with Crippen molar-refractivity contribution in [3.63, 3.8) is 0 Å². The molecule has 0 saturated heterocycles. The van der Waals surface area contributed by atoms with Gasteiger partial charge in [0, 0.05) is 24.8 Å². The fourth-order valence-electron chi connectivity index (χ4n) is 2.48. The van der Waals surface area contributed by atoms with Gasteiger partial charge in [-0.2, -0.15) is 0 Å². The molecule has 0 atom stereocenters. The van der Waals surface area contributed by atoms with Gasteiger partial charge in [0.1, 0.15) is 0 Å². The van der Waals surface area contributed by atoms with E-state index in [1.165, 1.54) is 6.92 Å². The minimum atomic E-state index is -0.292. The van der Waals surface area contributed by atoms with E-state index in [4.69, 9.17) is 9.47 Å². The number of hydrogen-bond acceptors (Lipinski definition) is 4. The fraction of sp³-hybridized carbons (Fsp3) is 0.300. The standard InChI is InChI=1S/C20H25N3O4/c1-4-27-18-10-5-15(13-19(18)26-3)11-12-21-20(25)23-17-8-6-16(7-9-17)22-14(2)24/h5-10,13H,4,11-12H2,1-3H3,(H,22,24)(H2,21,23,25). The van der Waals surface area contributed by atoms with E-state index in [9.17, 15) is 9.59 Å². The number of rotatable bonds is 8. The minimum Gasteiger partial charge on any atom is -0.493 e. The summed E-state index contributed by atoms with van der Waals surface area (Å²) in [6, 6.07) is 12.3. The molecule has 7 nitrogen and oxygen atoms in total. The van der Waals surface area contributed by atoms with Crippen LogP contribution in [0, 0.1) is 0 Å². The molecular formula is C20H25N3O4. The summed E-state index contributed by atoms with van der Waals surface area (Å²) in [7, 11) is 1.60. The molecule has 2 rings (SSSR count). The molecule has 3 amide bonds. The molecule has 0 aliphatic carbocycles. The van der Waals surface area contributed by atoms with Gasteiger partial charge >= 0.3 is 6.03 Å². The zero-order valence-corrected chi connectivity index (χ0v) is 15.8. The normalized spacial score (nSPS) is 10.0. The number of nitrogens with one attached hydrogen (secondary N) is 3. The number of anilines is 2. The molecule has 3 N–H and O–H groups in total. The zero-order valence-electron chi connectivity index (χ0n) is 15.8. The monoisotopic (exact) mass is 371 g/mol. The van der Waals surface area contributed by atoms with E-state index in [0.29, 0.717) is 42.4 Å². The molecular weight excluding hydrogens is 346 g/mol. The van der Waals surface area contributed by atoms with Gasteiger partial charge in [-0.15, -0.1) is 0 Å². The van der Waals surface area contributed by atoms with E-state index < -0.39 is 0 Å². The smallest absolute Gasteiger partial charge is 0.319 e. The lowest BCUT2D eigenvalue weighted by Crippen LogP contribution is -2.30. The Balaban J connectivity index is 1.81. The molecule has 144 valence electrons. The molecule has 0 aliphatic rings. The summed E-state index contributed by atoms with van der Waals surface area (Å²) < 4.78 is 10.8. The molecule has 0 unspecified atom stereocenters. The molecule has 0 aromatic heterocycles. The van der Waals surface area contributed by atoms with Gasteiger partial charge in [0.15, 0.2) is 11.5 Å². The Bertz CT molecular complexity index is 775. The number of ether oxygens (including phenoxy) is 2. The Morgan fingerprint density at radius 3 is 2.22 bits per heavy atom. The quantitative estimate of drug-likeness (QED) is 0.663. The van der Waals surface area contributed by atoms with Crippen LogP contribution in [0.25, 0.3) is 0 Å². The van der Waals surface area contributed by atoms with Crippen LogP contribution in [0.5, 0.6) is 11.5 Å². The minimum absolute atomic E-state index is 0.139. The summed E-state index contributed by atoms with van der Waals surface area (Å²) in [4.78, 5) is 23.0. The van der Waals surface area contributed by atoms with Crippen molar-refractivity contribution in [1.29, 1.82) is 0 Å². The molecule has 0 spiro atoms. The van der Waals surface area contributed by atoms with Gasteiger partial charge in [0.25, 0.3) is 0 Å². The third-order valence-electron chi connectivity index (χ3n) is 3.69. The Morgan fingerprint density at radius 2 is 1.63 bits per heavy atom. The van der Waals surface area contributed by atoms with E-state index in [1.807, 2.05) is 25.1 Å². The largest absolute Gasteiger partial charge is 0.493 e. The van der Waals surface area contributed by atoms with Crippen LogP contribution in [0.2, 0.25) is 0 Å². The Hall–Kier alpha value is -3.22. The molecule has 2 aromatic rings. The van der Waals surface area contributed by atoms with Gasteiger partial charge in [-0.05, 0) is 55.3 Å². The summed E-state index contributed by atoms with van der Waals surface area (Å²) in [6.07, 6.45) is 0.664. The van der Waals surface area contributed by atoms with E-state index in [-0.39, 0.29) is 11.9 Å². The first-order chi connectivity index (χ1) is 13.0. The van der Waals surface area contributed by atoms with Crippen LogP contribution in [-0.2, 0) is 11.2 Å². The first kappa shape index (κ1) is 20.1. The second kappa shape index (κ2) is 10.1. The van der Waals surface area contributed by atoms with Crippen LogP contribution in [-0.4, -0.2) is 32.2 Å². The Morgan fingerprint density at radius 1 is 0.963 bits per heavy atom. The molecule has 27 heavy (non-hydrogen) atoms. The lowest BCUT2D eigenvalue weighted by atomic mass is 10.1. The Labute approximate surface area is 159 Å². The van der Waals surface area contributed by atoms with Crippen LogP contribution < -0.4 is 25.4 Å². The first-order valence-corrected chi connectivity index (χ1v) is 8.74. The molecule has 0 aliphatic heterocycles. The number of amides is 3. The molecule has 0 heterocycles. The van der Waals surface area contributed by atoms with Gasteiger partial charge in [0.05, 0.1) is 13.7 Å². The van der Waals surface area contributed by atoms with Crippen molar-refractivity contribution < 1.29 is 19.1 Å². The summed E-state index contributed by atoms with van der Waals surface area (Å²) in [6.45, 7) is 4.42. The number of benzene rings is 2. The van der Waals surface area contributed by atoms with E-state index >= 15 is 0 Å². The second-order valence-corrected chi connectivity index (χ2v) is 5.81. The fourth-order valence-corrected chi connectivity index (χ4v) is 2.48. The highest BCUT2D eigenvalue weighted by Gasteiger charge is 2.06. The van der Waals surface area contributed by atoms with Gasteiger partial charge < -0.3 is 25.4 Å². The zero-order chi connectivity index (χ0) is 19.6. The predicted octanol–water partition coefficient (Wildman–Crippen LogP) is 3.42. The van der Waals surface area contributed by atoms with Crippen molar-refractivity contribution in [2.75, 3.05) is 30.9 Å². The topological polar surface area (TPSA) is 88.7 Å². The van der Waals surface area contributed by atoms with Crippen molar-refractivity contribution in [1.82, 2.24) is 5.32 Å². The average molecular weight is 371 g/mol. The average Bonchev–Trinajstić information content (AvgIpc) is 2.64. The van der Waals surface area contributed by atoms with Gasteiger partial charge in [-0.25, -0.2) is 4.79 Å². The van der Waals surface area contributed by atoms with Crippen molar-refractivity contribution in [2.24, 2.45) is 0 Å². The van der Waals surface area contributed by atoms with Crippen LogP contribution in [0.1, 0.15) is 19.4 Å². The van der Waals surface area contributed by atoms with E-state index in [1.54, 1.807) is 31.4 Å². The highest BCUT2D eigenvalue weighted by atomic mass is 16.5. The summed E-state index contributed by atoms with van der Waals surface area (Å²) in [5.41, 5.74) is 2.36. The molecule has 7 heteroatoms. The van der Waals surface area contributed by atoms with E-state index in [0.717, 1.165) is 5.56 Å². The molecule has 0 bridgehead atoms. The van der Waals surface area contributed by atoms with E-state index in [2.05, 4.69) is 16.0 Å². The Kier molecular flexibility index (Phi) is 7.49. The van der Waals surface area contributed by atoms with Crippen LogP contribution in [0.3, 0.4) is 0 Å². The van der Waals surface area contributed by atoms with Crippen LogP contribution in [0.4, 0.5) is 16.2 Å². The van der Waals surface area contributed by atoms with Crippen LogP contribution >= 0.6 is 0 Å². The molecule has 2 aromatic carbocycles. The highest BCUT2D eigenvalue weighted by Crippen LogP contribution is 2.28. The maximum Gasteiger partial charge on any atom is 0.319 e. The van der Waals surface area contributed by atoms with Crippen molar-refractivity contribution in [2.45, 2.75) is 20.3 Å². The number of carbonyl (C=O) groups is 2. The van der Waals surface area contributed by atoms with Crippen molar-refractivity contribution >= 4 is 23.3 Å². The number of methoxy groups -OCH3 is 1. The molecule has 0 fully saturated rings. The number of urea groups is 1. The summed E-state index contributed by atoms with van der Waals surface area (Å²) >= 11 is 0. The number of carbonyl (C=O) groups excluding carboxylic acids is 2. The lowest BCUT2D eigenvalue weighted by molar-refractivity contribution is -0.114. The third-order valence-corrected chi connectivity index (χ3v) is 3.69. The van der Waals surface area contributed by atoms with Gasteiger partial charge in [-0.3, -0.25) is 4.79 Å². The van der Waals surface area contributed by atoms with Gasteiger partial charge in [0.2, 0.25) is 5.91 Å². The summed E-state index contributed by atoms with van der Waals surface area (Å²) in [5, 5.41) is 8.23.